The van der Waals surface area contributed by atoms with Crippen molar-refractivity contribution in [3.63, 3.8) is 0 Å². The molecular weight excluding hydrogens is 277 g/mol. The Morgan fingerprint density at radius 2 is 1.60 bits per heavy atom. The summed E-state index contributed by atoms with van der Waals surface area (Å²) in [6, 6.07) is -0.872. The Bertz CT molecular complexity index is 184. The van der Waals surface area contributed by atoms with Crippen molar-refractivity contribution in [3.05, 3.63) is 0 Å². The van der Waals surface area contributed by atoms with Gasteiger partial charge in [0.25, 0.3) is 0 Å². The molecule has 0 aromatic carbocycles. The van der Waals surface area contributed by atoms with Crippen LogP contribution in [0.1, 0.15) is 0 Å². The van der Waals surface area contributed by atoms with Gasteiger partial charge in [-0.25, -0.2) is 0 Å². The molecule has 10 heteroatoms. The monoisotopic (exact) mass is 290 g/mol. The van der Waals surface area contributed by atoms with Crippen LogP contribution in [0.3, 0.4) is 0 Å². The van der Waals surface area contributed by atoms with E-state index in [0.29, 0.717) is 0 Å². The molecule has 0 saturated carbocycles. The van der Waals surface area contributed by atoms with Crippen molar-refractivity contribution >= 4 is 23.7 Å². The van der Waals surface area contributed by atoms with Crippen LogP contribution in [0.5, 0.6) is 0 Å². The fourth-order valence-corrected chi connectivity index (χ4v) is 1.76. The SMILES string of the molecule is O=C([O-])[C@@H]1CS[C@H](C(=O)[O-])N1.[Ni+3].[OH3+].[OH3+].[OH3+]. The zero-order valence-corrected chi connectivity index (χ0v) is 9.26. The second-order valence-corrected chi connectivity index (χ2v) is 3.21. The van der Waals surface area contributed by atoms with Crippen molar-refractivity contribution in [2.45, 2.75) is 11.4 Å². The minimum absolute atomic E-state index is 0. The molecule has 1 aliphatic rings. The van der Waals surface area contributed by atoms with E-state index in [2.05, 4.69) is 5.32 Å². The van der Waals surface area contributed by atoms with Gasteiger partial charge in [-0.1, -0.05) is 0 Å². The normalized spacial score (nSPS) is 22.1. The third-order valence-corrected chi connectivity index (χ3v) is 2.47. The fourth-order valence-electron chi connectivity index (χ4n) is 0.744. The van der Waals surface area contributed by atoms with Gasteiger partial charge in [-0.05, 0) is 0 Å². The zero-order valence-electron chi connectivity index (χ0n) is 7.45. The Labute approximate surface area is 99.3 Å². The van der Waals surface area contributed by atoms with E-state index in [0.717, 1.165) is 11.8 Å². The topological polar surface area (TPSA) is 191 Å². The Morgan fingerprint density at radius 1 is 1.13 bits per heavy atom. The van der Waals surface area contributed by atoms with Crippen molar-refractivity contribution in [3.8, 4) is 0 Å². The van der Waals surface area contributed by atoms with Crippen LogP contribution in [-0.4, -0.2) is 29.1 Å². The second-order valence-electron chi connectivity index (χ2n) is 2.07. The Morgan fingerprint density at radius 3 is 1.80 bits per heavy atom. The number of carbonyl (C=O) groups excluding carboxylic acids is 2. The van der Waals surface area contributed by atoms with E-state index >= 15 is 0 Å². The van der Waals surface area contributed by atoms with Crippen molar-refractivity contribution < 1.29 is 52.7 Å². The van der Waals surface area contributed by atoms with Gasteiger partial charge in [-0.15, -0.1) is 11.8 Å². The first-order chi connectivity index (χ1) is 5.11. The number of aliphatic carboxylic acids is 2. The van der Waals surface area contributed by atoms with E-state index in [-0.39, 0.29) is 38.7 Å². The van der Waals surface area contributed by atoms with Gasteiger partial charge < -0.3 is 36.2 Å². The number of hydrogen-bond donors (Lipinski definition) is 1. The maximum Gasteiger partial charge on any atom is 3.00 e. The summed E-state index contributed by atoms with van der Waals surface area (Å²) in [5.41, 5.74) is 0. The van der Waals surface area contributed by atoms with Gasteiger partial charge in [0.15, 0.2) is 0 Å². The number of thioether (sulfide) groups is 1. The van der Waals surface area contributed by atoms with Crippen molar-refractivity contribution in [2.24, 2.45) is 0 Å². The Hall–Kier alpha value is -0.376. The van der Waals surface area contributed by atoms with Crippen LogP contribution in [0.15, 0.2) is 0 Å². The number of rotatable bonds is 2. The quantitative estimate of drug-likeness (QED) is 0.388. The van der Waals surface area contributed by atoms with Crippen LogP contribution in [0.2, 0.25) is 0 Å². The van der Waals surface area contributed by atoms with E-state index < -0.39 is 23.4 Å². The molecule has 15 heavy (non-hydrogen) atoms. The van der Waals surface area contributed by atoms with Gasteiger partial charge in [0.05, 0.1) is 23.4 Å². The van der Waals surface area contributed by atoms with Crippen LogP contribution in [-0.2, 0) is 42.5 Å². The minimum Gasteiger partial charge on any atom is -0.548 e. The molecule has 0 unspecified atom stereocenters. The number of carboxylic acid groups (broad SMARTS) is 2. The van der Waals surface area contributed by atoms with E-state index in [4.69, 9.17) is 0 Å². The first-order valence-corrected chi connectivity index (χ1v) is 3.95. The third-order valence-electron chi connectivity index (χ3n) is 1.28. The van der Waals surface area contributed by atoms with Crippen LogP contribution < -0.4 is 15.5 Å². The predicted molar refractivity (Wildman–Crippen MR) is 47.8 cm³/mol. The van der Waals surface area contributed by atoms with Gasteiger partial charge in [-0.3, -0.25) is 5.32 Å². The van der Waals surface area contributed by atoms with Gasteiger partial charge in [0, 0.05) is 5.75 Å². The van der Waals surface area contributed by atoms with Crippen molar-refractivity contribution in [2.75, 3.05) is 5.75 Å². The molecule has 0 aromatic rings. The maximum absolute atomic E-state index is 10.2. The summed E-state index contributed by atoms with van der Waals surface area (Å²) >= 11 is 0.993. The molecule has 2 atom stereocenters. The van der Waals surface area contributed by atoms with Gasteiger partial charge in [-0.2, -0.15) is 0 Å². The molecule has 1 saturated heterocycles. The Balaban J connectivity index is -0.000000151. The summed E-state index contributed by atoms with van der Waals surface area (Å²) in [4.78, 5) is 20.3. The summed E-state index contributed by atoms with van der Waals surface area (Å²) in [6.07, 6.45) is 0. The van der Waals surface area contributed by atoms with Crippen LogP contribution in [0.25, 0.3) is 0 Å². The van der Waals surface area contributed by atoms with E-state index in [1.807, 2.05) is 0 Å². The zero-order chi connectivity index (χ0) is 8.43. The Kier molecular flexibility index (Phi) is 16.3. The molecule has 1 aliphatic heterocycles. The van der Waals surface area contributed by atoms with Crippen molar-refractivity contribution in [1.82, 2.24) is 5.32 Å². The predicted octanol–water partition coefficient (Wildman–Crippen LogP) is -6.25. The molecule has 1 radical (unpaired) electrons. The molecular formula is C5H14NNiO7S+4. The van der Waals surface area contributed by atoms with E-state index in [1.54, 1.807) is 0 Å². The molecule has 0 bridgehead atoms. The van der Waals surface area contributed by atoms with E-state index in [9.17, 15) is 19.8 Å². The van der Waals surface area contributed by atoms with Crippen LogP contribution in [0, 0.1) is 0 Å². The largest absolute Gasteiger partial charge is 3.00 e. The molecule has 0 amide bonds. The van der Waals surface area contributed by atoms with Crippen LogP contribution in [0.4, 0.5) is 0 Å². The maximum atomic E-state index is 10.2. The summed E-state index contributed by atoms with van der Waals surface area (Å²) in [5, 5.41) is 21.7. The minimum atomic E-state index is -1.29. The molecule has 1 heterocycles. The molecule has 1 fully saturated rings. The standard InChI is InChI=1S/C5H7NO4S.Ni.3H2O/c7-4(8)2-1-11-3(6-2)5(9)10;;;;/h2-3,6H,1H2,(H,7,8)(H,9,10);;3*1H2/q;+3;;;/p+1/t2-,3+;;;;/m0..../s1. The smallest absolute Gasteiger partial charge is 0.548 e. The first-order valence-electron chi connectivity index (χ1n) is 2.90. The second kappa shape index (κ2) is 10.2. The summed E-state index contributed by atoms with van der Waals surface area (Å²) in [6.45, 7) is 0. The third kappa shape index (κ3) is 6.66. The fraction of sp³-hybridized carbons (Fsp3) is 0.600. The number of nitrogens with one attached hydrogen (secondary N) is 1. The van der Waals surface area contributed by atoms with Gasteiger partial charge in [0.2, 0.25) is 0 Å². The first kappa shape index (κ1) is 24.0. The number of carboxylic acids is 2. The van der Waals surface area contributed by atoms with Crippen LogP contribution >= 0.6 is 11.8 Å². The van der Waals surface area contributed by atoms with Gasteiger partial charge in [0.1, 0.15) is 0 Å². The molecule has 10 N–H and O–H groups in total. The number of hydrogen-bond acceptors (Lipinski definition) is 6. The molecule has 8 nitrogen and oxygen atoms in total. The van der Waals surface area contributed by atoms with E-state index in [1.165, 1.54) is 0 Å². The average Bonchev–Trinajstić information content (AvgIpc) is 2.33. The molecule has 0 spiro atoms. The summed E-state index contributed by atoms with van der Waals surface area (Å²) in [7, 11) is 0. The summed E-state index contributed by atoms with van der Waals surface area (Å²) < 4.78 is 0. The molecule has 0 aliphatic carbocycles. The van der Waals surface area contributed by atoms with Crippen molar-refractivity contribution in [1.29, 1.82) is 0 Å². The molecule has 0 aromatic heterocycles. The number of carbonyl (C=O) groups is 2. The molecule has 93 valence electrons. The average molecular weight is 291 g/mol. The van der Waals surface area contributed by atoms with Gasteiger partial charge >= 0.3 is 16.5 Å². The summed E-state index contributed by atoms with van der Waals surface area (Å²) in [5.74, 6) is -2.36. The molecule has 1 rings (SSSR count).